The van der Waals surface area contributed by atoms with Crippen LogP contribution in [0.3, 0.4) is 0 Å². The van der Waals surface area contributed by atoms with E-state index in [9.17, 15) is 9.59 Å². The number of ether oxygens (including phenoxy) is 2. The van der Waals surface area contributed by atoms with E-state index in [0.29, 0.717) is 5.75 Å². The number of carboxylic acids is 1. The van der Waals surface area contributed by atoms with Crippen molar-refractivity contribution < 1.29 is 24.2 Å². The third kappa shape index (κ3) is 6.01. The van der Waals surface area contributed by atoms with Crippen molar-refractivity contribution >= 4 is 11.9 Å². The monoisotopic (exact) mass is 471 g/mol. The Morgan fingerprint density at radius 2 is 1.94 bits per heavy atom. The van der Waals surface area contributed by atoms with Crippen molar-refractivity contribution in [1.29, 1.82) is 0 Å². The summed E-state index contributed by atoms with van der Waals surface area (Å²) < 4.78 is 12.4. The van der Waals surface area contributed by atoms with Gasteiger partial charge in [-0.2, -0.15) is 0 Å². The molecule has 1 aliphatic carbocycles. The molecule has 188 valence electrons. The fraction of sp³-hybridized carbons (Fsp3) is 0.643. The summed E-state index contributed by atoms with van der Waals surface area (Å²) in [7, 11) is 0. The standard InChI is InChI=1S/C28H41NO5/c1-6-7-8-9-14-27(2,3)18-15-22(33-25(32)13-12-24(30)31)26-20-17-19(29)10-11-21(20)28(4,5)34-23(26)16-18/h12-13,15-16,19-21H,6-11,14,17,29H2,1-5H3,(H,30,31)/b13-12-/t19?,20-,21-/m1/s1. The van der Waals surface area contributed by atoms with Crippen LogP contribution in [-0.2, 0) is 15.0 Å². The Kier molecular flexibility index (Phi) is 8.12. The van der Waals surface area contributed by atoms with E-state index in [1.54, 1.807) is 0 Å². The summed E-state index contributed by atoms with van der Waals surface area (Å²) in [6, 6.07) is 4.18. The number of hydrogen-bond acceptors (Lipinski definition) is 5. The van der Waals surface area contributed by atoms with E-state index in [4.69, 9.17) is 20.3 Å². The van der Waals surface area contributed by atoms with E-state index >= 15 is 0 Å². The number of carboxylic acid groups (broad SMARTS) is 1. The summed E-state index contributed by atoms with van der Waals surface area (Å²) in [5, 5.41) is 8.90. The van der Waals surface area contributed by atoms with Gasteiger partial charge in [0.05, 0.1) is 0 Å². The molecule has 3 atom stereocenters. The third-order valence-corrected chi connectivity index (χ3v) is 7.64. The first-order valence-electron chi connectivity index (χ1n) is 12.7. The van der Waals surface area contributed by atoms with Crippen molar-refractivity contribution in [3.63, 3.8) is 0 Å². The Labute approximate surface area is 203 Å². The van der Waals surface area contributed by atoms with Crippen molar-refractivity contribution in [3.8, 4) is 11.5 Å². The Morgan fingerprint density at radius 3 is 2.62 bits per heavy atom. The second-order valence-corrected chi connectivity index (χ2v) is 11.2. The maximum absolute atomic E-state index is 12.5. The van der Waals surface area contributed by atoms with Crippen LogP contribution in [0.4, 0.5) is 0 Å². The van der Waals surface area contributed by atoms with Gasteiger partial charge < -0.3 is 20.3 Å². The van der Waals surface area contributed by atoms with Gasteiger partial charge in [-0.3, -0.25) is 0 Å². The second kappa shape index (κ2) is 10.5. The SMILES string of the molecule is CCCCCCC(C)(C)c1cc(OC(=O)/C=C\C(=O)O)c2c(c1)OC(C)(C)[C@@H]1CCC(N)C[C@@H]21. The van der Waals surface area contributed by atoms with Crippen LogP contribution in [0.1, 0.15) is 103 Å². The zero-order valence-corrected chi connectivity index (χ0v) is 21.4. The van der Waals surface area contributed by atoms with Crippen LogP contribution in [-0.4, -0.2) is 28.7 Å². The van der Waals surface area contributed by atoms with E-state index < -0.39 is 11.9 Å². The number of carbonyl (C=O) groups excluding carboxylic acids is 1. The fourth-order valence-corrected chi connectivity index (χ4v) is 5.66. The lowest BCUT2D eigenvalue weighted by molar-refractivity contribution is -0.133. The lowest BCUT2D eigenvalue weighted by Crippen LogP contribution is -2.49. The van der Waals surface area contributed by atoms with Gasteiger partial charge in [0.25, 0.3) is 0 Å². The number of benzene rings is 1. The average Bonchev–Trinajstić information content (AvgIpc) is 2.74. The quantitative estimate of drug-likeness (QED) is 0.202. The van der Waals surface area contributed by atoms with Gasteiger partial charge >= 0.3 is 11.9 Å². The Hall–Kier alpha value is -2.34. The van der Waals surface area contributed by atoms with E-state index in [1.165, 1.54) is 19.3 Å². The molecule has 34 heavy (non-hydrogen) atoms. The van der Waals surface area contributed by atoms with E-state index in [-0.39, 0.29) is 28.9 Å². The molecule has 3 N–H and O–H groups in total. The van der Waals surface area contributed by atoms with Gasteiger partial charge in [-0.25, -0.2) is 9.59 Å². The van der Waals surface area contributed by atoms with E-state index in [2.05, 4.69) is 40.7 Å². The minimum Gasteiger partial charge on any atom is -0.487 e. The first kappa shape index (κ1) is 26.3. The maximum atomic E-state index is 12.5. The molecular weight excluding hydrogens is 430 g/mol. The van der Waals surface area contributed by atoms with E-state index in [0.717, 1.165) is 61.1 Å². The topological polar surface area (TPSA) is 98.9 Å². The molecular formula is C28H41NO5. The molecule has 1 unspecified atom stereocenters. The van der Waals surface area contributed by atoms with Crippen LogP contribution in [0, 0.1) is 5.92 Å². The highest BCUT2D eigenvalue weighted by Crippen LogP contribution is 2.55. The van der Waals surface area contributed by atoms with Crippen LogP contribution in [0.15, 0.2) is 24.3 Å². The van der Waals surface area contributed by atoms with Crippen molar-refractivity contribution in [1.82, 2.24) is 0 Å². The fourth-order valence-electron chi connectivity index (χ4n) is 5.66. The van der Waals surface area contributed by atoms with Gasteiger partial charge in [-0.05, 0) is 68.6 Å². The first-order valence-corrected chi connectivity index (χ1v) is 12.7. The number of aliphatic carboxylic acids is 1. The predicted octanol–water partition coefficient (Wildman–Crippen LogP) is 5.86. The number of esters is 1. The lowest BCUT2D eigenvalue weighted by atomic mass is 9.65. The third-order valence-electron chi connectivity index (χ3n) is 7.64. The van der Waals surface area contributed by atoms with Crippen LogP contribution in [0.2, 0.25) is 0 Å². The molecule has 0 amide bonds. The minimum atomic E-state index is -1.19. The van der Waals surface area contributed by atoms with Crippen molar-refractivity contribution in [2.75, 3.05) is 0 Å². The highest BCUT2D eigenvalue weighted by Gasteiger charge is 2.48. The highest BCUT2D eigenvalue weighted by molar-refractivity contribution is 5.92. The van der Waals surface area contributed by atoms with Gasteiger partial charge in [0, 0.05) is 29.7 Å². The van der Waals surface area contributed by atoms with Crippen LogP contribution < -0.4 is 15.2 Å². The number of nitrogens with two attached hydrogens (primary N) is 1. The molecule has 1 fully saturated rings. The molecule has 0 aromatic heterocycles. The second-order valence-electron chi connectivity index (χ2n) is 11.2. The number of carbonyl (C=O) groups is 2. The minimum absolute atomic E-state index is 0.0909. The molecule has 1 aromatic rings. The molecule has 1 saturated carbocycles. The zero-order valence-electron chi connectivity index (χ0n) is 21.4. The Balaban J connectivity index is 2.05. The molecule has 1 heterocycles. The molecule has 2 aliphatic rings. The molecule has 0 spiro atoms. The van der Waals surface area contributed by atoms with Gasteiger partial charge in [0.1, 0.15) is 17.1 Å². The number of rotatable bonds is 9. The van der Waals surface area contributed by atoms with Gasteiger partial charge in [0.15, 0.2) is 0 Å². The maximum Gasteiger partial charge on any atom is 0.336 e. The molecule has 6 heteroatoms. The largest absolute Gasteiger partial charge is 0.487 e. The van der Waals surface area contributed by atoms with Crippen LogP contribution in [0.5, 0.6) is 11.5 Å². The molecule has 0 radical (unpaired) electrons. The highest BCUT2D eigenvalue weighted by atomic mass is 16.5. The molecule has 3 rings (SSSR count). The van der Waals surface area contributed by atoms with Gasteiger partial charge in [0.2, 0.25) is 0 Å². The molecule has 0 saturated heterocycles. The number of unbranched alkanes of at least 4 members (excludes halogenated alkanes) is 3. The molecule has 0 bridgehead atoms. The van der Waals surface area contributed by atoms with E-state index in [1.807, 2.05) is 6.07 Å². The lowest BCUT2D eigenvalue weighted by Gasteiger charge is -2.49. The predicted molar refractivity (Wildman–Crippen MR) is 133 cm³/mol. The van der Waals surface area contributed by atoms with Crippen molar-refractivity contribution in [2.24, 2.45) is 11.7 Å². The number of fused-ring (bicyclic) bond motifs is 3. The summed E-state index contributed by atoms with van der Waals surface area (Å²) >= 11 is 0. The summed E-state index contributed by atoms with van der Waals surface area (Å²) in [6.07, 6.45) is 10.2. The van der Waals surface area contributed by atoms with Gasteiger partial charge in [-0.1, -0.05) is 46.5 Å². The van der Waals surface area contributed by atoms with Crippen LogP contribution in [0.25, 0.3) is 0 Å². The average molecular weight is 472 g/mol. The smallest absolute Gasteiger partial charge is 0.336 e. The van der Waals surface area contributed by atoms with Gasteiger partial charge in [-0.15, -0.1) is 0 Å². The van der Waals surface area contributed by atoms with Crippen LogP contribution >= 0.6 is 0 Å². The molecule has 6 nitrogen and oxygen atoms in total. The first-order chi connectivity index (χ1) is 15.9. The summed E-state index contributed by atoms with van der Waals surface area (Å²) in [6.45, 7) is 10.9. The van der Waals surface area contributed by atoms with Crippen molar-refractivity contribution in [2.45, 2.75) is 109 Å². The summed E-state index contributed by atoms with van der Waals surface area (Å²) in [5.74, 6) is -0.290. The molecule has 1 aliphatic heterocycles. The summed E-state index contributed by atoms with van der Waals surface area (Å²) in [4.78, 5) is 23.4. The molecule has 1 aromatic carbocycles. The zero-order chi connectivity index (χ0) is 25.1. The normalized spacial score (nSPS) is 23.6. The van der Waals surface area contributed by atoms with Crippen molar-refractivity contribution in [3.05, 3.63) is 35.4 Å². The number of hydrogen-bond donors (Lipinski definition) is 2. The Bertz CT molecular complexity index is 933. The Morgan fingerprint density at radius 1 is 1.21 bits per heavy atom. The summed E-state index contributed by atoms with van der Waals surface area (Å²) in [5.41, 5.74) is 7.84.